The summed E-state index contributed by atoms with van der Waals surface area (Å²) in [7, 11) is 0.170. The van der Waals surface area contributed by atoms with E-state index in [9.17, 15) is 14.7 Å². The molecule has 1 aliphatic heterocycles. The number of aryl methyl sites for hydroxylation is 1. The van der Waals surface area contributed by atoms with Crippen LogP contribution in [0, 0.1) is 11.8 Å². The first-order valence-corrected chi connectivity index (χ1v) is 9.58. The van der Waals surface area contributed by atoms with Crippen LogP contribution in [0.1, 0.15) is 35.2 Å². The summed E-state index contributed by atoms with van der Waals surface area (Å²) in [6.45, 7) is 2.04. The zero-order valence-corrected chi connectivity index (χ0v) is 16.3. The highest BCUT2D eigenvalue weighted by Crippen LogP contribution is 2.28. The largest absolute Gasteiger partial charge is 0.481 e. The predicted molar refractivity (Wildman–Crippen MR) is 107 cm³/mol. The van der Waals surface area contributed by atoms with Crippen molar-refractivity contribution in [3.05, 3.63) is 35.4 Å². The molecule has 1 heterocycles. The smallest absolute Gasteiger partial charge is 0.451 e. The van der Waals surface area contributed by atoms with Crippen LogP contribution in [0.4, 0.5) is 0 Å². The molecule has 0 spiro atoms. The Morgan fingerprint density at radius 3 is 2.29 bits per heavy atom. The van der Waals surface area contributed by atoms with Gasteiger partial charge in [-0.05, 0) is 62.8 Å². The second-order valence-corrected chi connectivity index (χ2v) is 6.98. The normalized spacial score (nSPS) is 19.0. The number of benzene rings is 1. The Morgan fingerprint density at radius 1 is 1.11 bits per heavy atom. The van der Waals surface area contributed by atoms with Crippen LogP contribution < -0.4 is 5.73 Å². The molecule has 8 nitrogen and oxygen atoms in total. The van der Waals surface area contributed by atoms with Gasteiger partial charge in [0, 0.05) is 13.1 Å². The standard InChI is InChI=1S/C18H26BNO6.CH5N/c21-17(22)14-7-5-13(6-8-14)3-2-10-20-11-15(4-1-9-19(25)26)16(12-20)18(23)24;1-2/h5-8,15-16,25-26H,1-4,9-12H2,(H,21,22)(H,23,24);2H2,1H3. The van der Waals surface area contributed by atoms with E-state index in [0.717, 1.165) is 31.5 Å². The molecule has 1 aromatic carbocycles. The number of carboxylic acids is 2. The van der Waals surface area contributed by atoms with Crippen LogP contribution in [0.15, 0.2) is 24.3 Å². The lowest BCUT2D eigenvalue weighted by Gasteiger charge is -2.15. The summed E-state index contributed by atoms with van der Waals surface area (Å²) in [6.07, 6.45) is 3.25. The first-order chi connectivity index (χ1) is 13.4. The number of rotatable bonds is 10. The molecule has 1 aliphatic rings. The molecule has 1 saturated heterocycles. The van der Waals surface area contributed by atoms with Crippen molar-refractivity contribution in [1.29, 1.82) is 0 Å². The van der Waals surface area contributed by atoms with E-state index in [1.165, 1.54) is 7.05 Å². The zero-order valence-electron chi connectivity index (χ0n) is 16.3. The summed E-state index contributed by atoms with van der Waals surface area (Å²) in [6, 6.07) is 6.83. The number of nitrogens with two attached hydrogens (primary N) is 1. The SMILES string of the molecule is CN.O=C(O)c1ccc(CCCN2CC(CCCB(O)O)C(C(=O)O)C2)cc1. The topological polar surface area (TPSA) is 144 Å². The van der Waals surface area contributed by atoms with Crippen LogP contribution in [-0.4, -0.2) is 70.9 Å². The van der Waals surface area contributed by atoms with Crippen molar-refractivity contribution in [1.82, 2.24) is 4.90 Å². The van der Waals surface area contributed by atoms with Gasteiger partial charge in [0.2, 0.25) is 0 Å². The third-order valence-corrected chi connectivity index (χ3v) is 5.01. The minimum absolute atomic E-state index is 0.0427. The van der Waals surface area contributed by atoms with Gasteiger partial charge >= 0.3 is 19.1 Å². The summed E-state index contributed by atoms with van der Waals surface area (Å²) >= 11 is 0. The average Bonchev–Trinajstić information content (AvgIpc) is 3.07. The van der Waals surface area contributed by atoms with Crippen LogP contribution >= 0.6 is 0 Å². The lowest BCUT2D eigenvalue weighted by atomic mass is 9.80. The van der Waals surface area contributed by atoms with Gasteiger partial charge < -0.3 is 30.9 Å². The Hall–Kier alpha value is -1.94. The van der Waals surface area contributed by atoms with E-state index in [4.69, 9.17) is 15.2 Å². The summed E-state index contributed by atoms with van der Waals surface area (Å²) in [4.78, 5) is 24.5. The number of carbonyl (C=O) groups is 2. The van der Waals surface area contributed by atoms with Crippen molar-refractivity contribution < 1.29 is 29.9 Å². The van der Waals surface area contributed by atoms with E-state index >= 15 is 0 Å². The predicted octanol–water partition coefficient (Wildman–Crippen LogP) is 0.778. The molecule has 156 valence electrons. The number of nitrogens with zero attached hydrogens (tertiary/aromatic N) is 1. The molecule has 0 saturated carbocycles. The number of aliphatic carboxylic acids is 1. The first-order valence-electron chi connectivity index (χ1n) is 9.58. The maximum absolute atomic E-state index is 11.5. The monoisotopic (exact) mass is 394 g/mol. The van der Waals surface area contributed by atoms with Gasteiger partial charge in [0.25, 0.3) is 0 Å². The first kappa shape index (κ1) is 24.1. The van der Waals surface area contributed by atoms with E-state index in [1.54, 1.807) is 12.1 Å². The summed E-state index contributed by atoms with van der Waals surface area (Å²) in [5, 5.41) is 36.2. The molecule has 0 amide bonds. The van der Waals surface area contributed by atoms with Gasteiger partial charge in [0.15, 0.2) is 0 Å². The second-order valence-electron chi connectivity index (χ2n) is 6.98. The van der Waals surface area contributed by atoms with Crippen molar-refractivity contribution in [2.24, 2.45) is 17.6 Å². The average molecular weight is 394 g/mol. The Morgan fingerprint density at radius 2 is 1.75 bits per heavy atom. The van der Waals surface area contributed by atoms with Crippen LogP contribution in [0.25, 0.3) is 0 Å². The molecular formula is C19H31BN2O6. The molecular weight excluding hydrogens is 363 g/mol. The van der Waals surface area contributed by atoms with Crippen LogP contribution in [0.3, 0.4) is 0 Å². The van der Waals surface area contributed by atoms with E-state index in [2.05, 4.69) is 10.6 Å². The second kappa shape index (κ2) is 12.5. The highest BCUT2D eigenvalue weighted by atomic mass is 16.4. The lowest BCUT2D eigenvalue weighted by molar-refractivity contribution is -0.142. The van der Waals surface area contributed by atoms with E-state index < -0.39 is 25.0 Å². The Labute approximate surface area is 166 Å². The molecule has 9 heteroatoms. The number of carboxylic acid groups (broad SMARTS) is 2. The van der Waals surface area contributed by atoms with Crippen molar-refractivity contribution in [3.8, 4) is 0 Å². The molecule has 0 aliphatic carbocycles. The van der Waals surface area contributed by atoms with Gasteiger partial charge in [-0.15, -0.1) is 0 Å². The van der Waals surface area contributed by atoms with E-state index in [1.807, 2.05) is 12.1 Å². The molecule has 0 aromatic heterocycles. The number of likely N-dealkylation sites (tertiary alicyclic amines) is 1. The van der Waals surface area contributed by atoms with Gasteiger partial charge in [-0.25, -0.2) is 4.79 Å². The van der Waals surface area contributed by atoms with E-state index in [0.29, 0.717) is 19.4 Å². The van der Waals surface area contributed by atoms with Gasteiger partial charge in [0.1, 0.15) is 0 Å². The van der Waals surface area contributed by atoms with Crippen molar-refractivity contribution in [2.75, 3.05) is 26.7 Å². The number of aromatic carboxylic acids is 1. The van der Waals surface area contributed by atoms with Crippen LogP contribution in [0.2, 0.25) is 6.32 Å². The van der Waals surface area contributed by atoms with Crippen LogP contribution in [0.5, 0.6) is 0 Å². The third kappa shape index (κ3) is 7.98. The van der Waals surface area contributed by atoms with E-state index in [-0.39, 0.29) is 17.8 Å². The Bertz CT molecular complexity index is 611. The molecule has 0 bridgehead atoms. The summed E-state index contributed by atoms with van der Waals surface area (Å²) in [5.74, 6) is -2.08. The van der Waals surface area contributed by atoms with Crippen LogP contribution in [-0.2, 0) is 11.2 Å². The fourth-order valence-corrected chi connectivity index (χ4v) is 3.60. The Balaban J connectivity index is 0.00000190. The van der Waals surface area contributed by atoms with Gasteiger partial charge in [-0.1, -0.05) is 18.6 Å². The molecule has 28 heavy (non-hydrogen) atoms. The molecule has 2 atom stereocenters. The van der Waals surface area contributed by atoms with Crippen molar-refractivity contribution >= 4 is 19.1 Å². The fourth-order valence-electron chi connectivity index (χ4n) is 3.60. The lowest BCUT2D eigenvalue weighted by Crippen LogP contribution is -2.24. The van der Waals surface area contributed by atoms with Gasteiger partial charge in [-0.2, -0.15) is 0 Å². The number of hydrogen-bond acceptors (Lipinski definition) is 6. The zero-order chi connectivity index (χ0) is 21.1. The van der Waals surface area contributed by atoms with Crippen molar-refractivity contribution in [3.63, 3.8) is 0 Å². The molecule has 2 unspecified atom stereocenters. The summed E-state index contributed by atoms with van der Waals surface area (Å²) in [5.41, 5.74) is 5.84. The van der Waals surface area contributed by atoms with Gasteiger partial charge in [-0.3, -0.25) is 4.79 Å². The molecule has 0 radical (unpaired) electrons. The summed E-state index contributed by atoms with van der Waals surface area (Å²) < 4.78 is 0. The fraction of sp³-hybridized carbons (Fsp3) is 0.579. The highest BCUT2D eigenvalue weighted by Gasteiger charge is 2.36. The minimum atomic E-state index is -1.33. The number of hydrogen-bond donors (Lipinski definition) is 5. The Kier molecular flexibility index (Phi) is 10.8. The molecule has 2 rings (SSSR count). The molecule has 1 fully saturated rings. The quantitative estimate of drug-likeness (QED) is 0.366. The van der Waals surface area contributed by atoms with Crippen molar-refractivity contribution in [2.45, 2.75) is 32.0 Å². The maximum atomic E-state index is 11.5. The minimum Gasteiger partial charge on any atom is -0.481 e. The maximum Gasteiger partial charge on any atom is 0.451 e. The van der Waals surface area contributed by atoms with Gasteiger partial charge in [0.05, 0.1) is 11.5 Å². The highest BCUT2D eigenvalue weighted by molar-refractivity contribution is 6.40. The molecule has 1 aromatic rings. The molecule has 6 N–H and O–H groups in total. The third-order valence-electron chi connectivity index (χ3n) is 5.01.